The lowest BCUT2D eigenvalue weighted by Crippen LogP contribution is -2.43. The predicted octanol–water partition coefficient (Wildman–Crippen LogP) is 1.87. The van der Waals surface area contributed by atoms with Gasteiger partial charge in [0.15, 0.2) is 5.78 Å². The van der Waals surface area contributed by atoms with Crippen LogP contribution in [0.25, 0.3) is 10.8 Å². The second kappa shape index (κ2) is 5.64. The van der Waals surface area contributed by atoms with E-state index in [4.69, 9.17) is 5.11 Å². The number of imide groups is 1. The number of carboxylic acid groups (broad SMARTS) is 1. The minimum atomic E-state index is -1.09. The van der Waals surface area contributed by atoms with Gasteiger partial charge in [0.1, 0.15) is 0 Å². The van der Waals surface area contributed by atoms with E-state index in [2.05, 4.69) is 0 Å². The molecule has 6 nitrogen and oxygen atoms in total. The summed E-state index contributed by atoms with van der Waals surface area (Å²) in [6.07, 6.45) is -0.528. The van der Waals surface area contributed by atoms with Crippen molar-refractivity contribution >= 4 is 34.3 Å². The molecular formula is C17H13NO5. The van der Waals surface area contributed by atoms with Crippen LogP contribution >= 0.6 is 0 Å². The van der Waals surface area contributed by atoms with Crippen LogP contribution in [-0.2, 0) is 9.59 Å². The second-order valence-corrected chi connectivity index (χ2v) is 5.34. The zero-order chi connectivity index (χ0) is 16.6. The first-order valence-electron chi connectivity index (χ1n) is 7.10. The molecule has 1 aliphatic heterocycles. The van der Waals surface area contributed by atoms with Crippen molar-refractivity contribution in [1.82, 2.24) is 4.90 Å². The number of ketones is 1. The van der Waals surface area contributed by atoms with Crippen LogP contribution in [0.2, 0.25) is 0 Å². The Bertz CT molecular complexity index is 804. The van der Waals surface area contributed by atoms with Crippen molar-refractivity contribution in [1.29, 1.82) is 0 Å². The van der Waals surface area contributed by atoms with Gasteiger partial charge in [-0.3, -0.25) is 24.1 Å². The first-order valence-corrected chi connectivity index (χ1v) is 7.10. The number of Topliss-reactive ketones (excluding diaryl/α,β-unsaturated/α-hetero) is 1. The summed E-state index contributed by atoms with van der Waals surface area (Å²) in [4.78, 5) is 48.3. The number of rotatable bonds is 5. The molecule has 0 spiro atoms. The van der Waals surface area contributed by atoms with E-state index in [1.807, 2.05) is 12.1 Å². The summed E-state index contributed by atoms with van der Waals surface area (Å²) >= 11 is 0. The maximum atomic E-state index is 12.5. The van der Waals surface area contributed by atoms with Crippen LogP contribution < -0.4 is 0 Å². The van der Waals surface area contributed by atoms with Gasteiger partial charge in [0, 0.05) is 22.9 Å². The number of nitrogens with zero attached hydrogens (tertiary/aromatic N) is 1. The van der Waals surface area contributed by atoms with Gasteiger partial charge < -0.3 is 5.11 Å². The van der Waals surface area contributed by atoms with Crippen molar-refractivity contribution in [2.24, 2.45) is 0 Å². The molecule has 0 saturated carbocycles. The monoisotopic (exact) mass is 311 g/mol. The Morgan fingerprint density at radius 1 is 0.913 bits per heavy atom. The van der Waals surface area contributed by atoms with Gasteiger partial charge in [0.2, 0.25) is 0 Å². The fourth-order valence-electron chi connectivity index (χ4n) is 2.73. The largest absolute Gasteiger partial charge is 0.481 e. The molecule has 0 atom stereocenters. The standard InChI is InChI=1S/C17H13NO5/c19-11(7-8-14(20)21)9-18-16(22)12-5-1-3-10-4-2-6-13(15(10)12)17(18)23/h1-6H,7-9H2,(H,20,21). The average Bonchev–Trinajstić information content (AvgIpc) is 2.54. The fraction of sp³-hybridized carbons (Fsp3) is 0.176. The summed E-state index contributed by atoms with van der Waals surface area (Å²) in [5.41, 5.74) is 0.757. The SMILES string of the molecule is O=C(O)CCC(=O)CN1C(=O)c2cccc3cccc(c23)C1=O. The Morgan fingerprint density at radius 3 is 2.00 bits per heavy atom. The van der Waals surface area contributed by atoms with Gasteiger partial charge in [-0.05, 0) is 17.5 Å². The number of amides is 2. The van der Waals surface area contributed by atoms with Crippen LogP contribution in [0.4, 0.5) is 0 Å². The highest BCUT2D eigenvalue weighted by atomic mass is 16.4. The molecule has 0 saturated heterocycles. The molecule has 0 aromatic heterocycles. The molecule has 23 heavy (non-hydrogen) atoms. The van der Waals surface area contributed by atoms with Gasteiger partial charge in [-0.15, -0.1) is 0 Å². The van der Waals surface area contributed by atoms with Crippen molar-refractivity contribution in [3.05, 3.63) is 47.5 Å². The Balaban J connectivity index is 1.94. The van der Waals surface area contributed by atoms with Crippen molar-refractivity contribution in [3.63, 3.8) is 0 Å². The highest BCUT2D eigenvalue weighted by Gasteiger charge is 2.33. The Labute approximate surface area is 131 Å². The van der Waals surface area contributed by atoms with Crippen LogP contribution in [-0.4, -0.2) is 40.1 Å². The van der Waals surface area contributed by atoms with Crippen LogP contribution in [0.15, 0.2) is 36.4 Å². The summed E-state index contributed by atoms with van der Waals surface area (Å²) in [6.45, 7) is -0.407. The minimum absolute atomic E-state index is 0.210. The molecule has 2 amide bonds. The topological polar surface area (TPSA) is 91.8 Å². The molecule has 3 rings (SSSR count). The van der Waals surface area contributed by atoms with Gasteiger partial charge in [-0.2, -0.15) is 0 Å². The Morgan fingerprint density at radius 2 is 1.48 bits per heavy atom. The zero-order valence-electron chi connectivity index (χ0n) is 12.1. The van der Waals surface area contributed by atoms with Crippen molar-refractivity contribution in [2.45, 2.75) is 12.8 Å². The quantitative estimate of drug-likeness (QED) is 0.851. The van der Waals surface area contributed by atoms with Crippen LogP contribution in [0.5, 0.6) is 0 Å². The van der Waals surface area contributed by atoms with Crippen molar-refractivity contribution < 1.29 is 24.3 Å². The average molecular weight is 311 g/mol. The van der Waals surface area contributed by atoms with Crippen LogP contribution in [0.1, 0.15) is 33.6 Å². The first-order chi connectivity index (χ1) is 11.0. The third-order valence-electron chi connectivity index (χ3n) is 3.81. The molecule has 116 valence electrons. The smallest absolute Gasteiger partial charge is 0.303 e. The van der Waals surface area contributed by atoms with Crippen molar-refractivity contribution in [3.8, 4) is 0 Å². The summed E-state index contributed by atoms with van der Waals surface area (Å²) in [5, 5.41) is 9.99. The Hall–Kier alpha value is -3.02. The first kappa shape index (κ1) is 14.9. The van der Waals surface area contributed by atoms with Crippen LogP contribution in [0, 0.1) is 0 Å². The number of benzene rings is 2. The number of carbonyl (C=O) groups is 4. The third kappa shape index (κ3) is 2.59. The van der Waals surface area contributed by atoms with E-state index in [9.17, 15) is 19.2 Å². The number of hydrogen-bond donors (Lipinski definition) is 1. The zero-order valence-corrected chi connectivity index (χ0v) is 12.1. The summed E-state index contributed by atoms with van der Waals surface area (Å²) in [7, 11) is 0. The van der Waals surface area contributed by atoms with Gasteiger partial charge in [-0.25, -0.2) is 0 Å². The van der Waals surface area contributed by atoms with E-state index in [1.54, 1.807) is 24.3 Å². The summed E-state index contributed by atoms with van der Waals surface area (Å²) < 4.78 is 0. The van der Waals surface area contributed by atoms with Gasteiger partial charge in [-0.1, -0.05) is 24.3 Å². The molecule has 2 aromatic carbocycles. The number of hydrogen-bond acceptors (Lipinski definition) is 4. The van der Waals surface area contributed by atoms with E-state index in [-0.39, 0.29) is 12.8 Å². The molecule has 1 N–H and O–H groups in total. The molecule has 0 radical (unpaired) electrons. The molecule has 6 heteroatoms. The summed E-state index contributed by atoms with van der Waals surface area (Å²) in [6, 6.07) is 10.3. The maximum absolute atomic E-state index is 12.5. The number of carbonyl (C=O) groups excluding carboxylic acids is 3. The molecule has 2 aromatic rings. The van der Waals surface area contributed by atoms with E-state index in [0.29, 0.717) is 16.5 Å². The Kier molecular flexibility index (Phi) is 3.65. The normalized spacial score (nSPS) is 13.5. The molecule has 0 bridgehead atoms. The molecular weight excluding hydrogens is 298 g/mol. The predicted molar refractivity (Wildman–Crippen MR) is 81.2 cm³/mol. The highest BCUT2D eigenvalue weighted by Crippen LogP contribution is 2.29. The molecule has 0 aliphatic carbocycles. The van der Waals surface area contributed by atoms with Crippen molar-refractivity contribution in [2.75, 3.05) is 6.54 Å². The third-order valence-corrected chi connectivity index (χ3v) is 3.81. The van der Waals surface area contributed by atoms with Gasteiger partial charge in [0.25, 0.3) is 11.8 Å². The number of aliphatic carboxylic acids is 1. The number of carboxylic acids is 1. The lowest BCUT2D eigenvalue weighted by Gasteiger charge is -2.26. The molecule has 0 unspecified atom stereocenters. The lowest BCUT2D eigenvalue weighted by molar-refractivity contribution is -0.138. The molecule has 1 heterocycles. The molecule has 1 aliphatic rings. The van der Waals surface area contributed by atoms with E-state index in [0.717, 1.165) is 10.3 Å². The van der Waals surface area contributed by atoms with Gasteiger partial charge in [0.05, 0.1) is 13.0 Å². The van der Waals surface area contributed by atoms with Crippen LogP contribution in [0.3, 0.4) is 0 Å². The van der Waals surface area contributed by atoms with E-state index in [1.165, 1.54) is 0 Å². The van der Waals surface area contributed by atoms with Gasteiger partial charge >= 0.3 is 5.97 Å². The fourth-order valence-corrected chi connectivity index (χ4v) is 2.73. The highest BCUT2D eigenvalue weighted by molar-refractivity contribution is 6.26. The minimum Gasteiger partial charge on any atom is -0.481 e. The maximum Gasteiger partial charge on any atom is 0.303 e. The molecule has 0 fully saturated rings. The second-order valence-electron chi connectivity index (χ2n) is 5.34. The summed E-state index contributed by atoms with van der Waals surface area (Å²) in [5.74, 6) is -2.60. The lowest BCUT2D eigenvalue weighted by atomic mass is 9.94. The van der Waals surface area contributed by atoms with E-state index < -0.39 is 30.1 Å². The van der Waals surface area contributed by atoms with E-state index >= 15 is 0 Å².